The van der Waals surface area contributed by atoms with Crippen LogP contribution in [0.3, 0.4) is 0 Å². The fourth-order valence-electron chi connectivity index (χ4n) is 3.67. The van der Waals surface area contributed by atoms with Crippen LogP contribution < -0.4 is 10.0 Å². The molecule has 0 bridgehead atoms. The van der Waals surface area contributed by atoms with Crippen LogP contribution in [-0.4, -0.2) is 35.2 Å². The van der Waals surface area contributed by atoms with Crippen LogP contribution in [-0.2, 0) is 21.2 Å². The van der Waals surface area contributed by atoms with Crippen LogP contribution in [0.5, 0.6) is 0 Å². The van der Waals surface area contributed by atoms with E-state index in [1.165, 1.54) is 0 Å². The lowest BCUT2D eigenvalue weighted by Crippen LogP contribution is -2.17. The average Bonchev–Trinajstić information content (AvgIpc) is 3.07. The topological polar surface area (TPSA) is 105 Å². The van der Waals surface area contributed by atoms with Crippen molar-refractivity contribution in [1.82, 2.24) is 14.6 Å². The zero-order chi connectivity index (χ0) is 22.2. The van der Waals surface area contributed by atoms with Crippen molar-refractivity contribution in [2.75, 3.05) is 16.3 Å². The minimum Gasteiger partial charge on any atom is -0.324 e. The SMILES string of the molecule is Cc1nc2c3ccccc3nn2c(C)c1CCC(=O)Nc1ccccc1NS(C)(=O)=O. The molecule has 9 heteroatoms. The smallest absolute Gasteiger partial charge is 0.229 e. The summed E-state index contributed by atoms with van der Waals surface area (Å²) in [6.07, 6.45) is 1.78. The summed E-state index contributed by atoms with van der Waals surface area (Å²) in [6, 6.07) is 14.6. The molecule has 1 amide bonds. The van der Waals surface area contributed by atoms with Gasteiger partial charge in [-0.2, -0.15) is 5.10 Å². The van der Waals surface area contributed by atoms with Gasteiger partial charge >= 0.3 is 0 Å². The highest BCUT2D eigenvalue weighted by Crippen LogP contribution is 2.24. The zero-order valence-electron chi connectivity index (χ0n) is 17.5. The largest absolute Gasteiger partial charge is 0.324 e. The van der Waals surface area contributed by atoms with Crippen molar-refractivity contribution in [3.8, 4) is 0 Å². The molecule has 160 valence electrons. The second kappa shape index (κ2) is 7.99. The van der Waals surface area contributed by atoms with Crippen LogP contribution in [0.2, 0.25) is 0 Å². The number of para-hydroxylation sites is 2. The first-order valence-corrected chi connectivity index (χ1v) is 11.7. The van der Waals surface area contributed by atoms with Crippen molar-refractivity contribution in [2.45, 2.75) is 26.7 Å². The molecule has 0 unspecified atom stereocenters. The lowest BCUT2D eigenvalue weighted by Gasteiger charge is -2.13. The van der Waals surface area contributed by atoms with Crippen LogP contribution in [0.15, 0.2) is 48.5 Å². The number of nitrogens with zero attached hydrogens (tertiary/aromatic N) is 3. The number of benzene rings is 2. The third-order valence-corrected chi connectivity index (χ3v) is 5.71. The summed E-state index contributed by atoms with van der Waals surface area (Å²) in [5, 5.41) is 8.43. The lowest BCUT2D eigenvalue weighted by molar-refractivity contribution is -0.116. The van der Waals surface area contributed by atoms with E-state index >= 15 is 0 Å². The minimum absolute atomic E-state index is 0.215. The Balaban J connectivity index is 1.55. The van der Waals surface area contributed by atoms with Gasteiger partial charge in [0, 0.05) is 23.2 Å². The van der Waals surface area contributed by atoms with Crippen LogP contribution >= 0.6 is 0 Å². The molecule has 0 saturated heterocycles. The monoisotopic (exact) mass is 437 g/mol. The highest BCUT2D eigenvalue weighted by Gasteiger charge is 2.16. The van der Waals surface area contributed by atoms with E-state index in [1.54, 1.807) is 24.3 Å². The molecule has 0 saturated carbocycles. The van der Waals surface area contributed by atoms with Crippen molar-refractivity contribution in [1.29, 1.82) is 0 Å². The number of carbonyl (C=O) groups is 1. The van der Waals surface area contributed by atoms with Crippen molar-refractivity contribution >= 4 is 43.9 Å². The number of sulfonamides is 1. The van der Waals surface area contributed by atoms with Gasteiger partial charge in [-0.05, 0) is 50.1 Å². The van der Waals surface area contributed by atoms with Gasteiger partial charge in [0.15, 0.2) is 5.65 Å². The van der Waals surface area contributed by atoms with Crippen molar-refractivity contribution in [3.05, 3.63) is 65.5 Å². The molecule has 2 aromatic carbocycles. The summed E-state index contributed by atoms with van der Waals surface area (Å²) in [4.78, 5) is 17.3. The quantitative estimate of drug-likeness (QED) is 0.481. The van der Waals surface area contributed by atoms with Gasteiger partial charge in [-0.25, -0.2) is 17.9 Å². The molecular formula is C22H23N5O3S. The summed E-state index contributed by atoms with van der Waals surface area (Å²) < 4.78 is 27.4. The highest BCUT2D eigenvalue weighted by molar-refractivity contribution is 7.92. The zero-order valence-corrected chi connectivity index (χ0v) is 18.3. The van der Waals surface area contributed by atoms with E-state index in [-0.39, 0.29) is 12.3 Å². The van der Waals surface area contributed by atoms with Gasteiger partial charge in [-0.1, -0.05) is 24.3 Å². The van der Waals surface area contributed by atoms with Gasteiger partial charge in [0.25, 0.3) is 0 Å². The number of fused-ring (bicyclic) bond motifs is 3. The molecule has 0 spiro atoms. The third kappa shape index (κ3) is 4.36. The molecule has 4 aromatic rings. The van der Waals surface area contributed by atoms with Gasteiger partial charge in [-0.3, -0.25) is 9.52 Å². The molecule has 0 fully saturated rings. The van der Waals surface area contributed by atoms with E-state index in [2.05, 4.69) is 15.1 Å². The molecular weight excluding hydrogens is 414 g/mol. The Bertz CT molecular complexity index is 1410. The van der Waals surface area contributed by atoms with E-state index in [4.69, 9.17) is 4.98 Å². The highest BCUT2D eigenvalue weighted by atomic mass is 32.2. The van der Waals surface area contributed by atoms with Crippen molar-refractivity contribution in [3.63, 3.8) is 0 Å². The first-order valence-electron chi connectivity index (χ1n) is 9.83. The van der Waals surface area contributed by atoms with Crippen LogP contribution in [0.1, 0.15) is 23.4 Å². The number of aryl methyl sites for hydroxylation is 2. The molecule has 31 heavy (non-hydrogen) atoms. The maximum atomic E-state index is 12.6. The maximum absolute atomic E-state index is 12.6. The predicted molar refractivity (Wildman–Crippen MR) is 122 cm³/mol. The Morgan fingerprint density at radius 2 is 1.71 bits per heavy atom. The average molecular weight is 438 g/mol. The minimum atomic E-state index is -3.45. The standard InChI is InChI=1S/C22H23N5O3S/c1-14-16(15(2)27-22(23-14)17-8-4-5-9-18(17)25-27)12-13-21(28)24-19-10-6-7-11-20(19)26-31(3,29)30/h4-11,26H,12-13H2,1-3H3,(H,24,28). The summed E-state index contributed by atoms with van der Waals surface area (Å²) >= 11 is 0. The van der Waals surface area contributed by atoms with Gasteiger partial charge in [0.2, 0.25) is 15.9 Å². The molecule has 0 radical (unpaired) electrons. The molecule has 0 aliphatic carbocycles. The molecule has 2 N–H and O–H groups in total. The lowest BCUT2D eigenvalue weighted by atomic mass is 10.1. The Kier molecular flexibility index (Phi) is 5.36. The fourth-order valence-corrected chi connectivity index (χ4v) is 4.25. The number of aromatic nitrogens is 3. The normalized spacial score (nSPS) is 11.7. The summed E-state index contributed by atoms with van der Waals surface area (Å²) in [6.45, 7) is 3.92. The number of nitrogens with one attached hydrogen (secondary N) is 2. The first kappa shape index (κ1) is 20.8. The van der Waals surface area contributed by atoms with E-state index in [0.717, 1.165) is 39.8 Å². The van der Waals surface area contributed by atoms with E-state index in [1.807, 2.05) is 42.6 Å². The molecule has 0 aliphatic rings. The van der Waals surface area contributed by atoms with Gasteiger partial charge in [0.05, 0.1) is 23.1 Å². The summed E-state index contributed by atoms with van der Waals surface area (Å²) in [7, 11) is -3.45. The Labute approximate surface area is 180 Å². The van der Waals surface area contributed by atoms with Crippen LogP contribution in [0.4, 0.5) is 11.4 Å². The Morgan fingerprint density at radius 1 is 1.03 bits per heavy atom. The van der Waals surface area contributed by atoms with E-state index < -0.39 is 10.0 Å². The Morgan fingerprint density at radius 3 is 2.45 bits per heavy atom. The molecule has 0 atom stereocenters. The number of hydrogen-bond donors (Lipinski definition) is 2. The summed E-state index contributed by atoms with van der Waals surface area (Å²) in [5.74, 6) is -0.215. The Hall–Kier alpha value is -3.46. The number of carbonyl (C=O) groups excluding carboxylic acids is 1. The van der Waals surface area contributed by atoms with E-state index in [0.29, 0.717) is 17.8 Å². The van der Waals surface area contributed by atoms with E-state index in [9.17, 15) is 13.2 Å². The number of anilines is 2. The van der Waals surface area contributed by atoms with Gasteiger partial charge in [0.1, 0.15) is 0 Å². The van der Waals surface area contributed by atoms with Crippen molar-refractivity contribution < 1.29 is 13.2 Å². The second-order valence-electron chi connectivity index (χ2n) is 7.48. The molecule has 8 nitrogen and oxygen atoms in total. The fraction of sp³-hybridized carbons (Fsp3) is 0.227. The van der Waals surface area contributed by atoms with Crippen LogP contribution in [0.25, 0.3) is 16.6 Å². The predicted octanol–water partition coefficient (Wildman–Crippen LogP) is 3.44. The van der Waals surface area contributed by atoms with Crippen molar-refractivity contribution in [2.24, 2.45) is 0 Å². The number of rotatable bonds is 6. The molecule has 4 rings (SSSR count). The number of hydrogen-bond acceptors (Lipinski definition) is 5. The third-order valence-electron chi connectivity index (χ3n) is 5.12. The molecule has 2 heterocycles. The molecule has 2 aromatic heterocycles. The first-order chi connectivity index (χ1) is 14.7. The second-order valence-corrected chi connectivity index (χ2v) is 9.23. The summed E-state index contributed by atoms with van der Waals surface area (Å²) in [5.41, 5.74) is 5.21. The number of amides is 1. The van der Waals surface area contributed by atoms with Crippen LogP contribution in [0, 0.1) is 13.8 Å². The van der Waals surface area contributed by atoms with Gasteiger partial charge in [-0.15, -0.1) is 0 Å². The molecule has 0 aliphatic heterocycles. The van der Waals surface area contributed by atoms with Gasteiger partial charge < -0.3 is 5.32 Å². The maximum Gasteiger partial charge on any atom is 0.229 e.